The zero-order valence-corrected chi connectivity index (χ0v) is 10.7. The largest absolute Gasteiger partial charge is 0.416 e. The summed E-state index contributed by atoms with van der Waals surface area (Å²) in [5.41, 5.74) is -0.686. The Labute approximate surface area is 109 Å². The highest BCUT2D eigenvalue weighted by atomic mass is 19.4. The van der Waals surface area contributed by atoms with Gasteiger partial charge in [0.25, 0.3) is 5.91 Å². The highest BCUT2D eigenvalue weighted by Gasteiger charge is 2.39. The molecule has 0 aromatic heterocycles. The van der Waals surface area contributed by atoms with Crippen LogP contribution in [0.4, 0.5) is 18.9 Å². The normalized spacial score (nSPS) is 16.9. The van der Waals surface area contributed by atoms with Gasteiger partial charge in [-0.3, -0.25) is 4.79 Å². The first-order valence-electron chi connectivity index (χ1n) is 5.97. The average molecular weight is 272 g/mol. The number of carbonyl (C=O) groups excluding carboxylic acids is 1. The molecule has 2 N–H and O–H groups in total. The molecule has 1 amide bonds. The number of carbonyl (C=O) groups is 1. The van der Waals surface area contributed by atoms with Gasteiger partial charge in [-0.15, -0.1) is 0 Å². The first-order valence-corrected chi connectivity index (χ1v) is 5.97. The lowest BCUT2D eigenvalue weighted by Gasteiger charge is -2.16. The molecule has 0 radical (unpaired) electrons. The van der Waals surface area contributed by atoms with Gasteiger partial charge in [0.05, 0.1) is 11.1 Å². The van der Waals surface area contributed by atoms with Gasteiger partial charge in [0.1, 0.15) is 0 Å². The van der Waals surface area contributed by atoms with Crippen molar-refractivity contribution in [3.63, 3.8) is 0 Å². The van der Waals surface area contributed by atoms with E-state index in [1.807, 2.05) is 6.92 Å². The second-order valence-corrected chi connectivity index (χ2v) is 5.02. The summed E-state index contributed by atoms with van der Waals surface area (Å²) < 4.78 is 38.0. The van der Waals surface area contributed by atoms with E-state index in [2.05, 4.69) is 10.6 Å². The van der Waals surface area contributed by atoms with Crippen LogP contribution < -0.4 is 10.6 Å². The molecule has 104 valence electrons. The zero-order chi connectivity index (χ0) is 14.3. The van der Waals surface area contributed by atoms with E-state index < -0.39 is 17.6 Å². The van der Waals surface area contributed by atoms with Crippen molar-refractivity contribution in [2.45, 2.75) is 31.5 Å². The van der Waals surface area contributed by atoms with Crippen LogP contribution in [0, 0.1) is 0 Å². The molecule has 1 aliphatic rings. The molecule has 3 nitrogen and oxygen atoms in total. The standard InChI is InChI=1S/C13H15F3N2O/c1-12(5-6-12)18-11(19)9-7-8(13(14,15)16)3-4-10(9)17-2/h3-4,7,17H,5-6H2,1-2H3,(H,18,19). The molecule has 0 aliphatic heterocycles. The number of hydrogen-bond acceptors (Lipinski definition) is 2. The fourth-order valence-electron chi connectivity index (χ4n) is 1.78. The summed E-state index contributed by atoms with van der Waals surface area (Å²) in [7, 11) is 1.57. The number of rotatable bonds is 3. The number of nitrogens with one attached hydrogen (secondary N) is 2. The predicted octanol–water partition coefficient (Wildman–Crippen LogP) is 3.03. The second kappa shape index (κ2) is 4.43. The fraction of sp³-hybridized carbons (Fsp3) is 0.462. The van der Waals surface area contributed by atoms with Crippen molar-refractivity contribution in [1.29, 1.82) is 0 Å². The highest BCUT2D eigenvalue weighted by molar-refractivity contribution is 6.00. The number of alkyl halides is 3. The summed E-state index contributed by atoms with van der Waals surface area (Å²) in [5.74, 6) is -0.476. The summed E-state index contributed by atoms with van der Waals surface area (Å²) in [6, 6.07) is 3.11. The molecule has 0 bridgehead atoms. The van der Waals surface area contributed by atoms with E-state index in [4.69, 9.17) is 0 Å². The van der Waals surface area contributed by atoms with E-state index in [1.54, 1.807) is 7.05 Å². The van der Waals surface area contributed by atoms with E-state index in [-0.39, 0.29) is 11.1 Å². The predicted molar refractivity (Wildman–Crippen MR) is 66.1 cm³/mol. The number of benzene rings is 1. The van der Waals surface area contributed by atoms with E-state index in [1.165, 1.54) is 6.07 Å². The monoisotopic (exact) mass is 272 g/mol. The van der Waals surface area contributed by atoms with Gasteiger partial charge in [-0.25, -0.2) is 0 Å². The molecule has 0 spiro atoms. The molecule has 2 rings (SSSR count). The lowest BCUT2D eigenvalue weighted by molar-refractivity contribution is -0.137. The maximum Gasteiger partial charge on any atom is 0.416 e. The Balaban J connectivity index is 2.33. The van der Waals surface area contributed by atoms with Gasteiger partial charge in [-0.2, -0.15) is 13.2 Å². The van der Waals surface area contributed by atoms with Crippen LogP contribution in [0.2, 0.25) is 0 Å². The van der Waals surface area contributed by atoms with Gasteiger partial charge in [-0.05, 0) is 38.0 Å². The van der Waals surface area contributed by atoms with Gasteiger partial charge in [0, 0.05) is 18.3 Å². The quantitative estimate of drug-likeness (QED) is 0.888. The van der Waals surface area contributed by atoms with Crippen LogP contribution in [0.15, 0.2) is 18.2 Å². The molecule has 1 fully saturated rings. The molecule has 19 heavy (non-hydrogen) atoms. The lowest BCUT2D eigenvalue weighted by Crippen LogP contribution is -2.34. The minimum Gasteiger partial charge on any atom is -0.387 e. The van der Waals surface area contributed by atoms with E-state index in [0.717, 1.165) is 25.0 Å². The Hall–Kier alpha value is -1.72. The van der Waals surface area contributed by atoms with E-state index in [9.17, 15) is 18.0 Å². The summed E-state index contributed by atoms with van der Waals surface area (Å²) in [4.78, 5) is 12.0. The van der Waals surface area contributed by atoms with Crippen LogP contribution in [0.5, 0.6) is 0 Å². The minimum absolute atomic E-state index is 0.0189. The first-order chi connectivity index (χ1) is 8.75. The zero-order valence-electron chi connectivity index (χ0n) is 10.7. The van der Waals surface area contributed by atoms with Crippen molar-refractivity contribution in [1.82, 2.24) is 5.32 Å². The van der Waals surface area contributed by atoms with Crippen molar-refractivity contribution in [3.05, 3.63) is 29.3 Å². The molecule has 0 heterocycles. The molecule has 0 atom stereocenters. The van der Waals surface area contributed by atoms with Crippen LogP contribution in [0.1, 0.15) is 35.7 Å². The summed E-state index contributed by atoms with van der Waals surface area (Å²) in [6.45, 7) is 1.87. The summed E-state index contributed by atoms with van der Waals surface area (Å²) >= 11 is 0. The summed E-state index contributed by atoms with van der Waals surface area (Å²) in [5, 5.41) is 5.49. The molecule has 0 saturated heterocycles. The Morgan fingerprint density at radius 3 is 2.42 bits per heavy atom. The molecule has 1 aliphatic carbocycles. The van der Waals surface area contributed by atoms with Crippen molar-refractivity contribution in [2.75, 3.05) is 12.4 Å². The average Bonchev–Trinajstić information content (AvgIpc) is 3.04. The van der Waals surface area contributed by atoms with Gasteiger partial charge in [0.2, 0.25) is 0 Å². The van der Waals surface area contributed by atoms with E-state index in [0.29, 0.717) is 5.69 Å². The second-order valence-electron chi connectivity index (χ2n) is 5.02. The van der Waals surface area contributed by atoms with E-state index >= 15 is 0 Å². The number of hydrogen-bond donors (Lipinski definition) is 2. The number of anilines is 1. The molecule has 6 heteroatoms. The third-order valence-corrected chi connectivity index (χ3v) is 3.28. The van der Waals surface area contributed by atoms with Crippen LogP contribution in [-0.4, -0.2) is 18.5 Å². The van der Waals surface area contributed by atoms with Crippen LogP contribution in [-0.2, 0) is 6.18 Å². The number of halogens is 3. The van der Waals surface area contributed by atoms with Gasteiger partial charge in [0.15, 0.2) is 0 Å². The molecular formula is C13H15F3N2O. The summed E-state index contributed by atoms with van der Waals surface area (Å²) in [6.07, 6.45) is -2.75. The fourth-order valence-corrected chi connectivity index (χ4v) is 1.78. The maximum absolute atomic E-state index is 12.7. The van der Waals surface area contributed by atoms with Gasteiger partial charge in [-0.1, -0.05) is 0 Å². The molecule has 1 aromatic rings. The smallest absolute Gasteiger partial charge is 0.387 e. The molecule has 1 aromatic carbocycles. The first kappa shape index (κ1) is 13.7. The molecular weight excluding hydrogens is 257 g/mol. The highest BCUT2D eigenvalue weighted by Crippen LogP contribution is 2.36. The third kappa shape index (κ3) is 3.00. The van der Waals surface area contributed by atoms with Crippen molar-refractivity contribution < 1.29 is 18.0 Å². The lowest BCUT2D eigenvalue weighted by atomic mass is 10.1. The Morgan fingerprint density at radius 2 is 1.95 bits per heavy atom. The molecule has 0 unspecified atom stereocenters. The van der Waals surface area contributed by atoms with Crippen molar-refractivity contribution in [3.8, 4) is 0 Å². The van der Waals surface area contributed by atoms with Crippen molar-refractivity contribution in [2.24, 2.45) is 0 Å². The Kier molecular flexibility index (Phi) is 3.20. The number of amides is 1. The van der Waals surface area contributed by atoms with Crippen molar-refractivity contribution >= 4 is 11.6 Å². The SMILES string of the molecule is CNc1ccc(C(F)(F)F)cc1C(=O)NC1(C)CC1. The maximum atomic E-state index is 12.7. The Morgan fingerprint density at radius 1 is 1.32 bits per heavy atom. The minimum atomic E-state index is -4.45. The molecule has 1 saturated carbocycles. The van der Waals surface area contributed by atoms with Crippen LogP contribution in [0.3, 0.4) is 0 Å². The van der Waals surface area contributed by atoms with Gasteiger partial charge < -0.3 is 10.6 Å². The van der Waals surface area contributed by atoms with Crippen LogP contribution >= 0.6 is 0 Å². The topological polar surface area (TPSA) is 41.1 Å². The van der Waals surface area contributed by atoms with Crippen LogP contribution in [0.25, 0.3) is 0 Å². The third-order valence-electron chi connectivity index (χ3n) is 3.28. The van der Waals surface area contributed by atoms with Gasteiger partial charge >= 0.3 is 6.18 Å². The Bertz CT molecular complexity index is 507.